The van der Waals surface area contributed by atoms with E-state index in [4.69, 9.17) is 4.74 Å². The molecule has 0 saturated heterocycles. The Morgan fingerprint density at radius 3 is 2.67 bits per heavy atom. The van der Waals surface area contributed by atoms with Crippen LogP contribution in [0.5, 0.6) is 11.9 Å². The number of aryl methyl sites for hydroxylation is 2. The van der Waals surface area contributed by atoms with Crippen molar-refractivity contribution >= 4 is 15.9 Å². The molecule has 0 atom stereocenters. The van der Waals surface area contributed by atoms with Crippen LogP contribution in [0, 0.1) is 6.92 Å². The van der Waals surface area contributed by atoms with Gasteiger partial charge in [-0.1, -0.05) is 34.1 Å². The van der Waals surface area contributed by atoms with Gasteiger partial charge in [0.15, 0.2) is 0 Å². The van der Waals surface area contributed by atoms with Gasteiger partial charge < -0.3 is 4.74 Å². The summed E-state index contributed by atoms with van der Waals surface area (Å²) in [4.78, 5) is 4.19. The summed E-state index contributed by atoms with van der Waals surface area (Å²) in [5.74, 6) is 0.648. The standard InChI is InChI=1S/C14H14BrN5O/c1-10-12(8-15)13(19(2)17-10)21-14-16-9-20(18-14)11-6-4-3-5-7-11/h3-7,9H,8H2,1-2H3. The van der Waals surface area contributed by atoms with Crippen LogP contribution in [0.25, 0.3) is 5.69 Å². The Morgan fingerprint density at radius 2 is 1.95 bits per heavy atom. The molecular formula is C14H14BrN5O. The lowest BCUT2D eigenvalue weighted by Crippen LogP contribution is -1.99. The zero-order valence-electron chi connectivity index (χ0n) is 11.7. The molecule has 0 fully saturated rings. The van der Waals surface area contributed by atoms with Gasteiger partial charge in [-0.25, -0.2) is 9.36 Å². The van der Waals surface area contributed by atoms with Gasteiger partial charge in [0, 0.05) is 17.9 Å². The molecule has 0 amide bonds. The first-order valence-corrected chi connectivity index (χ1v) is 7.54. The molecule has 0 aliphatic heterocycles. The average molecular weight is 348 g/mol. The van der Waals surface area contributed by atoms with Gasteiger partial charge in [-0.15, -0.1) is 5.10 Å². The normalized spacial score (nSPS) is 10.8. The number of rotatable bonds is 4. The smallest absolute Gasteiger partial charge is 0.342 e. The van der Waals surface area contributed by atoms with Gasteiger partial charge in [0.05, 0.1) is 11.4 Å². The largest absolute Gasteiger partial charge is 0.404 e. The highest BCUT2D eigenvalue weighted by Gasteiger charge is 2.16. The fourth-order valence-corrected chi connectivity index (χ4v) is 2.69. The van der Waals surface area contributed by atoms with Crippen molar-refractivity contribution in [2.24, 2.45) is 7.05 Å². The van der Waals surface area contributed by atoms with Gasteiger partial charge >= 0.3 is 6.01 Å². The van der Waals surface area contributed by atoms with Crippen LogP contribution in [-0.4, -0.2) is 24.5 Å². The van der Waals surface area contributed by atoms with Crippen molar-refractivity contribution in [2.45, 2.75) is 12.3 Å². The average Bonchev–Trinajstić information content (AvgIpc) is 3.06. The van der Waals surface area contributed by atoms with Crippen LogP contribution >= 0.6 is 15.9 Å². The molecule has 0 bridgehead atoms. The molecule has 3 aromatic rings. The van der Waals surface area contributed by atoms with Crippen LogP contribution in [0.4, 0.5) is 0 Å². The van der Waals surface area contributed by atoms with Crippen molar-refractivity contribution in [3.63, 3.8) is 0 Å². The summed E-state index contributed by atoms with van der Waals surface area (Å²) in [6, 6.07) is 10.1. The van der Waals surface area contributed by atoms with Crippen molar-refractivity contribution in [3.05, 3.63) is 47.9 Å². The fourth-order valence-electron chi connectivity index (χ4n) is 2.05. The highest BCUT2D eigenvalue weighted by atomic mass is 79.9. The number of alkyl halides is 1. The molecule has 0 saturated carbocycles. The highest BCUT2D eigenvalue weighted by molar-refractivity contribution is 9.08. The summed E-state index contributed by atoms with van der Waals surface area (Å²) in [7, 11) is 1.84. The zero-order valence-corrected chi connectivity index (χ0v) is 13.3. The minimum Gasteiger partial charge on any atom is -0.404 e. The number of hydrogen-bond donors (Lipinski definition) is 0. The summed E-state index contributed by atoms with van der Waals surface area (Å²) in [5, 5.41) is 9.34. The van der Waals surface area contributed by atoms with Gasteiger partial charge in [-0.2, -0.15) is 10.1 Å². The number of hydrogen-bond acceptors (Lipinski definition) is 4. The summed E-state index contributed by atoms with van der Waals surface area (Å²) in [5.41, 5.74) is 2.85. The van der Waals surface area contributed by atoms with E-state index >= 15 is 0 Å². The first-order chi connectivity index (χ1) is 10.2. The molecule has 0 aliphatic carbocycles. The van der Waals surface area contributed by atoms with Crippen LogP contribution in [0.15, 0.2) is 36.7 Å². The molecule has 0 spiro atoms. The topological polar surface area (TPSA) is 57.8 Å². The van der Waals surface area contributed by atoms with E-state index in [2.05, 4.69) is 31.1 Å². The predicted octanol–water partition coefficient (Wildman–Crippen LogP) is 3.00. The van der Waals surface area contributed by atoms with E-state index < -0.39 is 0 Å². The lowest BCUT2D eigenvalue weighted by atomic mass is 10.3. The quantitative estimate of drug-likeness (QED) is 0.680. The Hall–Kier alpha value is -2.15. The molecule has 2 aromatic heterocycles. The third-order valence-corrected chi connectivity index (χ3v) is 3.66. The zero-order chi connectivity index (χ0) is 14.8. The van der Waals surface area contributed by atoms with Crippen molar-refractivity contribution in [1.82, 2.24) is 24.5 Å². The van der Waals surface area contributed by atoms with E-state index in [1.54, 1.807) is 15.7 Å². The maximum Gasteiger partial charge on any atom is 0.342 e. The van der Waals surface area contributed by atoms with E-state index in [0.717, 1.165) is 16.9 Å². The Kier molecular flexibility index (Phi) is 3.74. The van der Waals surface area contributed by atoms with E-state index in [0.29, 0.717) is 17.2 Å². The molecule has 0 N–H and O–H groups in total. The van der Waals surface area contributed by atoms with Crippen molar-refractivity contribution in [1.29, 1.82) is 0 Å². The third-order valence-electron chi connectivity index (χ3n) is 3.10. The molecule has 7 heteroatoms. The van der Waals surface area contributed by atoms with Crippen LogP contribution < -0.4 is 4.74 Å². The lowest BCUT2D eigenvalue weighted by molar-refractivity contribution is 0.396. The molecule has 21 heavy (non-hydrogen) atoms. The van der Waals surface area contributed by atoms with Crippen LogP contribution in [0.2, 0.25) is 0 Å². The maximum atomic E-state index is 5.78. The lowest BCUT2D eigenvalue weighted by Gasteiger charge is -2.03. The second-order valence-corrected chi connectivity index (χ2v) is 5.10. The molecule has 3 rings (SSSR count). The van der Waals surface area contributed by atoms with Crippen molar-refractivity contribution in [2.75, 3.05) is 0 Å². The molecule has 0 radical (unpaired) electrons. The summed E-state index contributed by atoms with van der Waals surface area (Å²) < 4.78 is 9.14. The monoisotopic (exact) mass is 347 g/mol. The summed E-state index contributed by atoms with van der Waals surface area (Å²) >= 11 is 3.45. The van der Waals surface area contributed by atoms with Gasteiger partial charge in [0.25, 0.3) is 0 Å². The van der Waals surface area contributed by atoms with Gasteiger partial charge in [0.2, 0.25) is 5.88 Å². The summed E-state index contributed by atoms with van der Waals surface area (Å²) in [6.07, 6.45) is 1.63. The second-order valence-electron chi connectivity index (χ2n) is 4.54. The Balaban J connectivity index is 1.89. The number of aromatic nitrogens is 5. The SMILES string of the molecule is Cc1nn(C)c(Oc2ncn(-c3ccccc3)n2)c1CBr. The fraction of sp³-hybridized carbons (Fsp3) is 0.214. The third kappa shape index (κ3) is 2.69. The number of benzene rings is 1. The molecule has 1 aromatic carbocycles. The summed E-state index contributed by atoms with van der Waals surface area (Å²) in [6.45, 7) is 1.94. The second kappa shape index (κ2) is 5.69. The van der Waals surface area contributed by atoms with Crippen LogP contribution in [0.1, 0.15) is 11.3 Å². The number of nitrogens with zero attached hydrogens (tertiary/aromatic N) is 5. The van der Waals surface area contributed by atoms with Crippen LogP contribution in [0.3, 0.4) is 0 Å². The van der Waals surface area contributed by atoms with Gasteiger partial charge in [0.1, 0.15) is 6.33 Å². The number of ether oxygens (including phenoxy) is 1. The minimum absolute atomic E-state index is 0.295. The van der Waals surface area contributed by atoms with E-state index in [1.165, 1.54) is 0 Å². The Labute approximate surface area is 130 Å². The van der Waals surface area contributed by atoms with E-state index in [-0.39, 0.29) is 0 Å². The molecule has 6 nitrogen and oxygen atoms in total. The first-order valence-electron chi connectivity index (χ1n) is 6.42. The molecule has 0 aliphatic rings. The maximum absolute atomic E-state index is 5.78. The van der Waals surface area contributed by atoms with Crippen LogP contribution in [-0.2, 0) is 12.4 Å². The van der Waals surface area contributed by atoms with E-state index in [9.17, 15) is 0 Å². The number of halogens is 1. The van der Waals surface area contributed by atoms with Crippen molar-refractivity contribution in [3.8, 4) is 17.6 Å². The number of para-hydroxylation sites is 1. The van der Waals surface area contributed by atoms with Gasteiger partial charge in [-0.05, 0) is 19.1 Å². The Bertz CT molecular complexity index is 750. The minimum atomic E-state index is 0.295. The molecular weight excluding hydrogens is 334 g/mol. The van der Waals surface area contributed by atoms with Crippen molar-refractivity contribution < 1.29 is 4.74 Å². The predicted molar refractivity (Wildman–Crippen MR) is 82.0 cm³/mol. The molecule has 0 unspecified atom stereocenters. The van der Waals surface area contributed by atoms with E-state index in [1.807, 2.05) is 44.3 Å². The first kappa shape index (κ1) is 13.8. The van der Waals surface area contributed by atoms with Gasteiger partial charge in [-0.3, -0.25) is 0 Å². The molecule has 108 valence electrons. The molecule has 2 heterocycles. The Morgan fingerprint density at radius 1 is 1.19 bits per heavy atom. The highest BCUT2D eigenvalue weighted by Crippen LogP contribution is 2.27.